The van der Waals surface area contributed by atoms with E-state index in [-0.39, 0.29) is 6.54 Å². The predicted octanol–water partition coefficient (Wildman–Crippen LogP) is 4.25. The van der Waals surface area contributed by atoms with Crippen LogP contribution in [0.1, 0.15) is 18.1 Å². The predicted molar refractivity (Wildman–Crippen MR) is 99.3 cm³/mol. The first kappa shape index (κ1) is 19.0. The molecule has 1 N–H and O–H groups in total. The summed E-state index contributed by atoms with van der Waals surface area (Å²) < 4.78 is 5.08. The van der Waals surface area contributed by atoms with Gasteiger partial charge < -0.3 is 10.1 Å². The zero-order chi connectivity index (χ0) is 18.2. The molecule has 2 rings (SSSR count). The van der Waals surface area contributed by atoms with Crippen LogP contribution in [0.4, 0.5) is 0 Å². The normalized spacial score (nSPS) is 12.0. The number of carbonyl (C=O) groups is 2. The van der Waals surface area contributed by atoms with Crippen LogP contribution in [0.25, 0.3) is 6.08 Å². The van der Waals surface area contributed by atoms with E-state index in [1.807, 2.05) is 18.2 Å². The summed E-state index contributed by atoms with van der Waals surface area (Å²) in [7, 11) is 0. The van der Waals surface area contributed by atoms with Gasteiger partial charge in [-0.15, -0.1) is 0 Å². The lowest BCUT2D eigenvalue weighted by Gasteiger charge is -2.13. The van der Waals surface area contributed by atoms with Gasteiger partial charge in [0.25, 0.3) is 5.91 Å². The largest absolute Gasteiger partial charge is 0.449 e. The molecule has 0 aliphatic heterocycles. The second-order valence-corrected chi connectivity index (χ2v) is 6.12. The van der Waals surface area contributed by atoms with Gasteiger partial charge in [0.05, 0.1) is 0 Å². The standard InChI is InChI=1S/C19H17Cl2NO3/c1-13(19(24)22-12-15-4-2-3-5-17(15)21)25-18(23)11-8-14-6-9-16(20)10-7-14/h2-11,13H,12H2,1H3,(H,22,24)/b11-8+. The molecule has 25 heavy (non-hydrogen) atoms. The van der Waals surface area contributed by atoms with E-state index >= 15 is 0 Å². The number of benzene rings is 2. The summed E-state index contributed by atoms with van der Waals surface area (Å²) in [6.45, 7) is 1.77. The Bertz CT molecular complexity index is 772. The van der Waals surface area contributed by atoms with E-state index in [1.165, 1.54) is 13.0 Å². The Kier molecular flexibility index (Phi) is 7.04. The van der Waals surface area contributed by atoms with Crippen molar-refractivity contribution in [3.63, 3.8) is 0 Å². The Labute approximate surface area is 156 Å². The van der Waals surface area contributed by atoms with Crippen molar-refractivity contribution in [2.45, 2.75) is 19.6 Å². The van der Waals surface area contributed by atoms with Crippen LogP contribution in [-0.4, -0.2) is 18.0 Å². The van der Waals surface area contributed by atoms with E-state index in [0.717, 1.165) is 11.1 Å². The van der Waals surface area contributed by atoms with Gasteiger partial charge in [-0.3, -0.25) is 4.79 Å². The number of carbonyl (C=O) groups excluding carboxylic acids is 2. The zero-order valence-corrected chi connectivity index (χ0v) is 15.1. The SMILES string of the molecule is CC(OC(=O)/C=C/c1ccc(Cl)cc1)C(=O)NCc1ccccc1Cl. The fraction of sp³-hybridized carbons (Fsp3) is 0.158. The molecular weight excluding hydrogens is 361 g/mol. The van der Waals surface area contributed by atoms with Crippen molar-refractivity contribution in [1.29, 1.82) is 0 Å². The minimum absolute atomic E-state index is 0.265. The van der Waals surface area contributed by atoms with E-state index in [9.17, 15) is 9.59 Å². The number of halogens is 2. The van der Waals surface area contributed by atoms with Crippen molar-refractivity contribution >= 4 is 41.2 Å². The molecule has 6 heteroatoms. The molecule has 0 bridgehead atoms. The van der Waals surface area contributed by atoms with Gasteiger partial charge in [-0.25, -0.2) is 4.79 Å². The second-order valence-electron chi connectivity index (χ2n) is 5.27. The van der Waals surface area contributed by atoms with Crippen LogP contribution in [0.15, 0.2) is 54.6 Å². The molecule has 0 aliphatic rings. The molecule has 0 aromatic heterocycles. The molecule has 0 saturated heterocycles. The number of hydrogen-bond donors (Lipinski definition) is 1. The monoisotopic (exact) mass is 377 g/mol. The van der Waals surface area contributed by atoms with Crippen LogP contribution in [0.5, 0.6) is 0 Å². The van der Waals surface area contributed by atoms with Crippen molar-refractivity contribution in [3.05, 3.63) is 75.8 Å². The molecule has 0 fully saturated rings. The number of rotatable bonds is 6. The topological polar surface area (TPSA) is 55.4 Å². The minimum Gasteiger partial charge on any atom is -0.449 e. The minimum atomic E-state index is -0.912. The average molecular weight is 378 g/mol. The highest BCUT2D eigenvalue weighted by Gasteiger charge is 2.16. The highest BCUT2D eigenvalue weighted by molar-refractivity contribution is 6.31. The molecule has 1 atom stereocenters. The molecule has 2 aromatic carbocycles. The fourth-order valence-electron chi connectivity index (χ4n) is 1.97. The third-order valence-corrected chi connectivity index (χ3v) is 3.98. The summed E-state index contributed by atoms with van der Waals surface area (Å²) in [5, 5.41) is 3.87. The van der Waals surface area contributed by atoms with Gasteiger partial charge >= 0.3 is 5.97 Å². The van der Waals surface area contributed by atoms with Gasteiger partial charge in [0, 0.05) is 22.7 Å². The molecule has 130 valence electrons. The number of esters is 1. The maximum atomic E-state index is 12.0. The molecule has 0 aliphatic carbocycles. The molecule has 0 saturated carbocycles. The van der Waals surface area contributed by atoms with Crippen molar-refractivity contribution < 1.29 is 14.3 Å². The van der Waals surface area contributed by atoms with Crippen molar-refractivity contribution in [2.24, 2.45) is 0 Å². The van der Waals surface area contributed by atoms with Crippen molar-refractivity contribution in [2.75, 3.05) is 0 Å². The number of nitrogens with one attached hydrogen (secondary N) is 1. The van der Waals surface area contributed by atoms with Gasteiger partial charge in [0.2, 0.25) is 0 Å². The first-order valence-corrected chi connectivity index (χ1v) is 8.36. The van der Waals surface area contributed by atoms with E-state index in [0.29, 0.717) is 10.0 Å². The van der Waals surface area contributed by atoms with E-state index in [4.69, 9.17) is 27.9 Å². The summed E-state index contributed by atoms with van der Waals surface area (Å²) in [6, 6.07) is 14.2. The number of hydrogen-bond acceptors (Lipinski definition) is 3. The van der Waals surface area contributed by atoms with Gasteiger partial charge in [0.15, 0.2) is 6.10 Å². The van der Waals surface area contributed by atoms with E-state index < -0.39 is 18.0 Å². The van der Waals surface area contributed by atoms with Gasteiger partial charge in [-0.2, -0.15) is 0 Å². The summed E-state index contributed by atoms with van der Waals surface area (Å²) in [4.78, 5) is 23.8. The van der Waals surface area contributed by atoms with Crippen LogP contribution in [0.3, 0.4) is 0 Å². The Balaban J connectivity index is 1.82. The van der Waals surface area contributed by atoms with Crippen LogP contribution >= 0.6 is 23.2 Å². The maximum absolute atomic E-state index is 12.0. The van der Waals surface area contributed by atoms with Gasteiger partial charge in [-0.1, -0.05) is 53.5 Å². The smallest absolute Gasteiger partial charge is 0.331 e. The molecule has 2 aromatic rings. The summed E-state index contributed by atoms with van der Waals surface area (Å²) in [6.07, 6.45) is 1.94. The molecular formula is C19H17Cl2NO3. The first-order valence-electron chi connectivity index (χ1n) is 7.61. The lowest BCUT2D eigenvalue weighted by Crippen LogP contribution is -2.35. The molecule has 1 unspecified atom stereocenters. The van der Waals surface area contributed by atoms with Crippen molar-refractivity contribution in [3.8, 4) is 0 Å². The molecule has 0 radical (unpaired) electrons. The van der Waals surface area contributed by atoms with E-state index in [1.54, 1.807) is 36.4 Å². The van der Waals surface area contributed by atoms with E-state index in [2.05, 4.69) is 5.32 Å². The average Bonchev–Trinajstić information content (AvgIpc) is 2.60. The molecule has 0 heterocycles. The van der Waals surface area contributed by atoms with Gasteiger partial charge in [-0.05, 0) is 42.3 Å². The Morgan fingerprint density at radius 3 is 2.48 bits per heavy atom. The van der Waals surface area contributed by atoms with Crippen molar-refractivity contribution in [1.82, 2.24) is 5.32 Å². The Morgan fingerprint density at radius 2 is 1.80 bits per heavy atom. The summed E-state index contributed by atoms with van der Waals surface area (Å²) in [5.74, 6) is -0.997. The highest BCUT2D eigenvalue weighted by Crippen LogP contribution is 2.14. The third-order valence-electron chi connectivity index (χ3n) is 3.35. The number of ether oxygens (including phenoxy) is 1. The van der Waals surface area contributed by atoms with Crippen LogP contribution in [0.2, 0.25) is 10.0 Å². The fourth-order valence-corrected chi connectivity index (χ4v) is 2.30. The molecule has 4 nitrogen and oxygen atoms in total. The van der Waals surface area contributed by atoms with Crippen LogP contribution < -0.4 is 5.32 Å². The van der Waals surface area contributed by atoms with Crippen LogP contribution in [0, 0.1) is 0 Å². The molecule has 1 amide bonds. The quantitative estimate of drug-likeness (QED) is 0.604. The zero-order valence-electron chi connectivity index (χ0n) is 13.5. The number of amides is 1. The molecule has 0 spiro atoms. The maximum Gasteiger partial charge on any atom is 0.331 e. The lowest BCUT2D eigenvalue weighted by molar-refractivity contribution is -0.150. The second kappa shape index (κ2) is 9.25. The van der Waals surface area contributed by atoms with Crippen LogP contribution in [-0.2, 0) is 20.9 Å². The van der Waals surface area contributed by atoms with Gasteiger partial charge in [0.1, 0.15) is 0 Å². The Morgan fingerprint density at radius 1 is 1.12 bits per heavy atom. The first-order chi connectivity index (χ1) is 12.0. The third kappa shape index (κ3) is 6.25. The summed E-state index contributed by atoms with van der Waals surface area (Å²) in [5.41, 5.74) is 1.59. The highest BCUT2D eigenvalue weighted by atomic mass is 35.5. The Hall–Kier alpha value is -2.30. The lowest BCUT2D eigenvalue weighted by atomic mass is 10.2. The summed E-state index contributed by atoms with van der Waals surface area (Å²) >= 11 is 11.8.